The summed E-state index contributed by atoms with van der Waals surface area (Å²) >= 11 is 0. The smallest absolute Gasteiger partial charge is 0.264 e. The minimum Gasteiger partial charge on any atom is -0.350 e. The molecular weight excluding hydrogens is 522 g/mol. The van der Waals surface area contributed by atoms with Gasteiger partial charge < -0.3 is 10.2 Å². The number of carbonyl (C=O) groups is 2. The fourth-order valence-corrected chi connectivity index (χ4v) is 5.84. The predicted molar refractivity (Wildman–Crippen MR) is 161 cm³/mol. The van der Waals surface area contributed by atoms with Gasteiger partial charge in [-0.2, -0.15) is 0 Å². The first-order chi connectivity index (χ1) is 18.6. The Labute approximate surface area is 239 Å². The van der Waals surface area contributed by atoms with Gasteiger partial charge >= 0.3 is 0 Å². The molecule has 0 aromatic heterocycles. The molecule has 0 fully saturated rings. The monoisotopic (exact) mass is 563 g/mol. The van der Waals surface area contributed by atoms with Crippen molar-refractivity contribution in [2.45, 2.75) is 78.4 Å². The van der Waals surface area contributed by atoms with Gasteiger partial charge in [0.15, 0.2) is 0 Å². The van der Waals surface area contributed by atoms with Crippen molar-refractivity contribution in [3.8, 4) is 0 Å². The third-order valence-corrected chi connectivity index (χ3v) is 8.56. The van der Waals surface area contributed by atoms with Crippen LogP contribution in [0.15, 0.2) is 71.6 Å². The Morgan fingerprint density at radius 3 is 2.05 bits per heavy atom. The molecule has 0 aliphatic heterocycles. The largest absolute Gasteiger partial charge is 0.350 e. The molecule has 0 aliphatic carbocycles. The Balaban J connectivity index is 2.09. The maximum atomic E-state index is 14.1. The van der Waals surface area contributed by atoms with Gasteiger partial charge in [0.2, 0.25) is 11.8 Å². The predicted octanol–water partition coefficient (Wildman–Crippen LogP) is 5.45. The first-order valence-corrected chi connectivity index (χ1v) is 14.9. The van der Waals surface area contributed by atoms with Crippen LogP contribution in [0.5, 0.6) is 0 Å². The summed E-state index contributed by atoms with van der Waals surface area (Å²) in [5, 5.41) is 2.95. The third kappa shape index (κ3) is 7.50. The molecule has 0 aliphatic rings. The fourth-order valence-electron chi connectivity index (χ4n) is 4.37. The van der Waals surface area contributed by atoms with Gasteiger partial charge in [-0.15, -0.1) is 0 Å². The van der Waals surface area contributed by atoms with Crippen LogP contribution in [0.1, 0.15) is 55.5 Å². The lowest BCUT2D eigenvalue weighted by atomic mass is 10.1. The van der Waals surface area contributed by atoms with Crippen molar-refractivity contribution in [2.75, 3.05) is 10.8 Å². The molecule has 1 N–H and O–H groups in total. The quantitative estimate of drug-likeness (QED) is 0.375. The second-order valence-electron chi connectivity index (χ2n) is 11.5. The molecule has 7 nitrogen and oxygen atoms in total. The van der Waals surface area contributed by atoms with Gasteiger partial charge in [0.25, 0.3) is 10.0 Å². The number of benzene rings is 3. The number of rotatable bonds is 9. The van der Waals surface area contributed by atoms with Gasteiger partial charge in [0.1, 0.15) is 12.6 Å². The molecule has 0 heterocycles. The number of nitrogens with zero attached hydrogens (tertiary/aromatic N) is 2. The molecule has 0 spiro atoms. The van der Waals surface area contributed by atoms with Crippen molar-refractivity contribution < 1.29 is 18.0 Å². The Hall–Kier alpha value is -3.65. The van der Waals surface area contributed by atoms with Gasteiger partial charge in [-0.3, -0.25) is 13.9 Å². The molecular formula is C32H41N3O4S. The fraction of sp³-hybridized carbons (Fsp3) is 0.375. The highest BCUT2D eigenvalue weighted by Gasteiger charge is 2.34. The molecule has 214 valence electrons. The maximum absolute atomic E-state index is 14.1. The highest BCUT2D eigenvalue weighted by atomic mass is 32.2. The summed E-state index contributed by atoms with van der Waals surface area (Å²) < 4.78 is 29.3. The van der Waals surface area contributed by atoms with E-state index in [0.717, 1.165) is 27.8 Å². The number of aryl methyl sites for hydroxylation is 4. The summed E-state index contributed by atoms with van der Waals surface area (Å²) in [6, 6.07) is 18.9. The van der Waals surface area contributed by atoms with E-state index >= 15 is 0 Å². The van der Waals surface area contributed by atoms with Crippen LogP contribution >= 0.6 is 0 Å². The van der Waals surface area contributed by atoms with Crippen molar-refractivity contribution >= 4 is 27.5 Å². The van der Waals surface area contributed by atoms with E-state index < -0.39 is 34.1 Å². The summed E-state index contributed by atoms with van der Waals surface area (Å²) in [4.78, 5) is 28.9. The number of nitrogens with one attached hydrogen (secondary N) is 1. The molecule has 0 saturated carbocycles. The maximum Gasteiger partial charge on any atom is 0.264 e. The number of hydrogen-bond donors (Lipinski definition) is 1. The number of hydrogen-bond acceptors (Lipinski definition) is 4. The molecule has 0 saturated heterocycles. The Morgan fingerprint density at radius 1 is 0.850 bits per heavy atom. The van der Waals surface area contributed by atoms with Crippen molar-refractivity contribution in [3.05, 3.63) is 94.5 Å². The first-order valence-electron chi connectivity index (χ1n) is 13.4. The zero-order chi connectivity index (χ0) is 29.8. The lowest BCUT2D eigenvalue weighted by Crippen LogP contribution is -2.54. The van der Waals surface area contributed by atoms with Gasteiger partial charge in [0.05, 0.1) is 10.6 Å². The van der Waals surface area contributed by atoms with E-state index in [0.29, 0.717) is 5.69 Å². The second-order valence-corrected chi connectivity index (χ2v) is 13.3. The van der Waals surface area contributed by atoms with E-state index in [4.69, 9.17) is 0 Å². The average Bonchev–Trinajstić information content (AvgIpc) is 2.87. The van der Waals surface area contributed by atoms with Crippen molar-refractivity contribution in [3.63, 3.8) is 0 Å². The van der Waals surface area contributed by atoms with Crippen LogP contribution in [-0.4, -0.2) is 43.3 Å². The third-order valence-electron chi connectivity index (χ3n) is 6.79. The molecule has 3 rings (SSSR count). The van der Waals surface area contributed by atoms with E-state index in [1.807, 2.05) is 84.9 Å². The highest BCUT2D eigenvalue weighted by Crippen LogP contribution is 2.29. The topological polar surface area (TPSA) is 86.8 Å². The standard InChI is InChI=1S/C32H41N3O4S/c1-22-14-17-28(18-15-22)40(38,39)35(29-19-23(2)13-16-25(29)4)21-30(36)34(20-27-12-10-9-11-24(27)3)26(5)31(37)33-32(6,7)8/h9-19,26H,20-21H2,1-8H3,(H,33,37)/t26-/m0/s1. The van der Waals surface area contributed by atoms with E-state index in [1.54, 1.807) is 37.3 Å². The van der Waals surface area contributed by atoms with Gasteiger partial charge in [-0.25, -0.2) is 8.42 Å². The number of anilines is 1. The molecule has 40 heavy (non-hydrogen) atoms. The zero-order valence-corrected chi connectivity index (χ0v) is 25.6. The first kappa shape index (κ1) is 30.9. The summed E-state index contributed by atoms with van der Waals surface area (Å²) in [7, 11) is -4.11. The van der Waals surface area contributed by atoms with E-state index in [-0.39, 0.29) is 17.3 Å². The summed E-state index contributed by atoms with van der Waals surface area (Å²) in [5.74, 6) is -0.787. The molecule has 1 atom stereocenters. The van der Waals surface area contributed by atoms with E-state index in [2.05, 4.69) is 5.32 Å². The SMILES string of the molecule is Cc1ccc(S(=O)(=O)N(CC(=O)N(Cc2ccccc2C)[C@@H](C)C(=O)NC(C)(C)C)c2cc(C)ccc2C)cc1. The van der Waals surface area contributed by atoms with Crippen molar-refractivity contribution in [1.29, 1.82) is 0 Å². The zero-order valence-electron chi connectivity index (χ0n) is 24.8. The van der Waals surface area contributed by atoms with Crippen LogP contribution in [0.2, 0.25) is 0 Å². The number of carbonyl (C=O) groups excluding carboxylic acids is 2. The van der Waals surface area contributed by atoms with Crippen LogP contribution in [0, 0.1) is 27.7 Å². The molecule has 0 unspecified atom stereocenters. The minimum atomic E-state index is -4.11. The normalized spacial score (nSPS) is 12.5. The van der Waals surface area contributed by atoms with Crippen molar-refractivity contribution in [2.24, 2.45) is 0 Å². The van der Waals surface area contributed by atoms with Crippen LogP contribution in [0.4, 0.5) is 5.69 Å². The van der Waals surface area contributed by atoms with Crippen LogP contribution in [0.3, 0.4) is 0 Å². The summed E-state index contributed by atoms with van der Waals surface area (Å²) in [5.41, 5.74) is 4.30. The molecule has 0 radical (unpaired) electrons. The van der Waals surface area contributed by atoms with Crippen LogP contribution < -0.4 is 9.62 Å². The average molecular weight is 564 g/mol. The summed E-state index contributed by atoms with van der Waals surface area (Å²) in [6.45, 7) is 14.5. The van der Waals surface area contributed by atoms with Gasteiger partial charge in [0, 0.05) is 12.1 Å². The van der Waals surface area contributed by atoms with Gasteiger partial charge in [-0.1, -0.05) is 54.1 Å². The highest BCUT2D eigenvalue weighted by molar-refractivity contribution is 7.92. The van der Waals surface area contributed by atoms with Crippen LogP contribution in [-0.2, 0) is 26.2 Å². The van der Waals surface area contributed by atoms with Crippen LogP contribution in [0.25, 0.3) is 0 Å². The van der Waals surface area contributed by atoms with Gasteiger partial charge in [-0.05, 0) is 95.8 Å². The Kier molecular flexibility index (Phi) is 9.46. The number of amides is 2. The van der Waals surface area contributed by atoms with Crippen molar-refractivity contribution in [1.82, 2.24) is 10.2 Å². The lowest BCUT2D eigenvalue weighted by molar-refractivity contribution is -0.140. The number of sulfonamides is 1. The lowest BCUT2D eigenvalue weighted by Gasteiger charge is -2.34. The molecule has 3 aromatic carbocycles. The molecule has 2 amide bonds. The van der Waals surface area contributed by atoms with E-state index in [1.165, 1.54) is 9.21 Å². The van der Waals surface area contributed by atoms with E-state index in [9.17, 15) is 18.0 Å². The Morgan fingerprint density at radius 2 is 1.45 bits per heavy atom. The summed E-state index contributed by atoms with van der Waals surface area (Å²) in [6.07, 6.45) is 0. The second kappa shape index (κ2) is 12.3. The molecule has 0 bridgehead atoms. The minimum absolute atomic E-state index is 0.0933. The molecule has 3 aromatic rings. The Bertz CT molecular complexity index is 1470. The molecule has 8 heteroatoms.